The van der Waals surface area contributed by atoms with Crippen LogP contribution in [-0.4, -0.2) is 56.5 Å². The highest BCUT2D eigenvalue weighted by atomic mass is 35.5. The Morgan fingerprint density at radius 1 is 1.55 bits per heavy atom. The highest BCUT2D eigenvalue weighted by Gasteiger charge is 2.40. The number of methoxy groups -OCH3 is 1. The minimum absolute atomic E-state index is 0.0149. The Kier molecular flexibility index (Phi) is 4.86. The maximum Gasteiger partial charge on any atom is 0.317 e. The second-order valence-corrected chi connectivity index (χ2v) is 6.28. The summed E-state index contributed by atoms with van der Waals surface area (Å²) in [7, 11) is 1.64. The zero-order valence-corrected chi connectivity index (χ0v) is 13.4. The Bertz CT molecular complexity index is 538. The van der Waals surface area contributed by atoms with E-state index in [0.29, 0.717) is 32.2 Å². The first kappa shape index (κ1) is 15.6. The predicted molar refractivity (Wildman–Crippen MR) is 84.3 cm³/mol. The van der Waals surface area contributed by atoms with Crippen molar-refractivity contribution in [2.75, 3.05) is 33.4 Å². The lowest BCUT2D eigenvalue weighted by Gasteiger charge is -2.32. The van der Waals surface area contributed by atoms with Gasteiger partial charge in [0.15, 0.2) is 0 Å². The van der Waals surface area contributed by atoms with Crippen LogP contribution in [0.3, 0.4) is 0 Å². The average molecular weight is 325 g/mol. The molecule has 1 saturated heterocycles. The van der Waals surface area contributed by atoms with E-state index in [-0.39, 0.29) is 18.2 Å². The van der Waals surface area contributed by atoms with E-state index in [1.807, 2.05) is 18.2 Å². The average Bonchev–Trinajstić information content (AvgIpc) is 3.27. The third kappa shape index (κ3) is 3.72. The van der Waals surface area contributed by atoms with Gasteiger partial charge in [-0.25, -0.2) is 4.79 Å². The van der Waals surface area contributed by atoms with Crippen molar-refractivity contribution < 1.29 is 14.3 Å². The molecule has 22 heavy (non-hydrogen) atoms. The van der Waals surface area contributed by atoms with Crippen LogP contribution < -0.4 is 5.32 Å². The molecule has 2 aliphatic rings. The van der Waals surface area contributed by atoms with Crippen LogP contribution in [0.25, 0.3) is 0 Å². The van der Waals surface area contributed by atoms with E-state index in [1.54, 1.807) is 12.0 Å². The Labute approximate surface area is 135 Å². The van der Waals surface area contributed by atoms with Gasteiger partial charge in [0.05, 0.1) is 25.9 Å². The molecule has 1 aliphatic carbocycles. The molecule has 1 heterocycles. The number of carbonyl (C=O) groups excluding carboxylic acids is 1. The van der Waals surface area contributed by atoms with Gasteiger partial charge >= 0.3 is 6.03 Å². The van der Waals surface area contributed by atoms with E-state index < -0.39 is 0 Å². The van der Waals surface area contributed by atoms with Crippen LogP contribution in [0.4, 0.5) is 4.79 Å². The molecule has 1 aliphatic heterocycles. The molecule has 0 spiro atoms. The number of halogens is 1. The van der Waals surface area contributed by atoms with Gasteiger partial charge in [-0.2, -0.15) is 0 Å². The lowest BCUT2D eigenvalue weighted by atomic mass is 10.1. The molecule has 2 amide bonds. The number of nitrogens with zero attached hydrogens (tertiary/aromatic N) is 1. The number of hydrogen-bond donors (Lipinski definition) is 1. The summed E-state index contributed by atoms with van der Waals surface area (Å²) in [6, 6.07) is 8.04. The molecule has 5 nitrogen and oxygen atoms in total. The zero-order valence-electron chi connectivity index (χ0n) is 12.6. The lowest BCUT2D eigenvalue weighted by molar-refractivity contribution is -0.0494. The summed E-state index contributed by atoms with van der Waals surface area (Å²) in [5, 5.41) is 3.84. The molecule has 120 valence electrons. The molecular formula is C16H21ClN2O3. The quantitative estimate of drug-likeness (QED) is 0.924. The van der Waals surface area contributed by atoms with Crippen molar-refractivity contribution in [1.29, 1.82) is 0 Å². The van der Waals surface area contributed by atoms with Gasteiger partial charge in [-0.05, 0) is 24.1 Å². The smallest absolute Gasteiger partial charge is 0.317 e. The van der Waals surface area contributed by atoms with E-state index in [1.165, 1.54) is 5.56 Å². The maximum absolute atomic E-state index is 12.3. The highest BCUT2D eigenvalue weighted by molar-refractivity contribution is 6.30. The Morgan fingerprint density at radius 3 is 3.18 bits per heavy atom. The third-order valence-electron chi connectivity index (χ3n) is 4.15. The minimum atomic E-state index is -0.0348. The van der Waals surface area contributed by atoms with Crippen LogP contribution in [-0.2, 0) is 9.47 Å². The number of rotatable bonds is 4. The molecule has 3 rings (SSSR count). The molecule has 1 saturated carbocycles. The molecule has 3 atom stereocenters. The normalized spacial score (nSPS) is 27.5. The fourth-order valence-electron chi connectivity index (χ4n) is 2.90. The van der Waals surface area contributed by atoms with Crippen LogP contribution in [0.2, 0.25) is 5.02 Å². The van der Waals surface area contributed by atoms with E-state index in [4.69, 9.17) is 21.1 Å². The second-order valence-electron chi connectivity index (χ2n) is 5.85. The van der Waals surface area contributed by atoms with Crippen LogP contribution in [0.15, 0.2) is 24.3 Å². The highest BCUT2D eigenvalue weighted by Crippen LogP contribution is 2.41. The Morgan fingerprint density at radius 2 is 2.41 bits per heavy atom. The van der Waals surface area contributed by atoms with Gasteiger partial charge in [-0.1, -0.05) is 23.7 Å². The Balaban J connectivity index is 1.51. The maximum atomic E-state index is 12.3. The van der Waals surface area contributed by atoms with Crippen molar-refractivity contribution in [1.82, 2.24) is 10.2 Å². The van der Waals surface area contributed by atoms with E-state index in [2.05, 4.69) is 11.4 Å². The summed E-state index contributed by atoms with van der Waals surface area (Å²) in [4.78, 5) is 14.1. The summed E-state index contributed by atoms with van der Waals surface area (Å²) in [6.07, 6.45) is 0.935. The number of benzene rings is 1. The first-order valence-corrected chi connectivity index (χ1v) is 7.96. The van der Waals surface area contributed by atoms with Gasteiger partial charge in [0, 0.05) is 30.6 Å². The number of urea groups is 1. The van der Waals surface area contributed by atoms with E-state index >= 15 is 0 Å². The minimum Gasteiger partial charge on any atom is -0.382 e. The molecule has 1 aromatic carbocycles. The molecule has 6 heteroatoms. The predicted octanol–water partition coefficient (Wildman–Crippen LogP) is 2.25. The molecule has 0 aromatic heterocycles. The number of morpholine rings is 1. The summed E-state index contributed by atoms with van der Waals surface area (Å²) >= 11 is 6.02. The largest absolute Gasteiger partial charge is 0.382 e. The fraction of sp³-hybridized carbons (Fsp3) is 0.562. The molecule has 3 unspecified atom stereocenters. The van der Waals surface area contributed by atoms with E-state index in [0.717, 1.165) is 11.4 Å². The van der Waals surface area contributed by atoms with E-state index in [9.17, 15) is 4.79 Å². The summed E-state index contributed by atoms with van der Waals surface area (Å²) in [5.41, 5.74) is 1.19. The SMILES string of the molecule is COCC1CN(C(=O)NC2CC2c2cccc(Cl)c2)CCO1. The molecule has 0 bridgehead atoms. The van der Waals surface area contributed by atoms with Crippen molar-refractivity contribution in [3.8, 4) is 0 Å². The van der Waals surface area contributed by atoms with Crippen molar-refractivity contribution in [3.05, 3.63) is 34.9 Å². The molecule has 2 fully saturated rings. The third-order valence-corrected chi connectivity index (χ3v) is 4.39. The molecule has 0 radical (unpaired) electrons. The van der Waals surface area contributed by atoms with Gasteiger partial charge in [0.2, 0.25) is 0 Å². The van der Waals surface area contributed by atoms with Gasteiger partial charge in [0.1, 0.15) is 0 Å². The van der Waals surface area contributed by atoms with Gasteiger partial charge in [-0.15, -0.1) is 0 Å². The standard InChI is InChI=1S/C16H21ClN2O3/c1-21-10-13-9-19(5-6-22-13)16(20)18-15-8-14(15)11-3-2-4-12(17)7-11/h2-4,7,13-15H,5-6,8-10H2,1H3,(H,18,20). The van der Waals surface area contributed by atoms with Crippen LogP contribution >= 0.6 is 11.6 Å². The number of amides is 2. The topological polar surface area (TPSA) is 50.8 Å². The molecule has 1 N–H and O–H groups in total. The first-order valence-electron chi connectivity index (χ1n) is 7.59. The fourth-order valence-corrected chi connectivity index (χ4v) is 3.10. The second kappa shape index (κ2) is 6.86. The number of carbonyl (C=O) groups is 1. The van der Waals surface area contributed by atoms with Crippen LogP contribution in [0.1, 0.15) is 17.9 Å². The van der Waals surface area contributed by atoms with Crippen molar-refractivity contribution >= 4 is 17.6 Å². The first-order chi connectivity index (χ1) is 10.7. The van der Waals surface area contributed by atoms with Gasteiger partial charge in [-0.3, -0.25) is 0 Å². The van der Waals surface area contributed by atoms with Crippen molar-refractivity contribution in [3.63, 3.8) is 0 Å². The summed E-state index contributed by atoms with van der Waals surface area (Å²) < 4.78 is 10.7. The van der Waals surface area contributed by atoms with Crippen LogP contribution in [0.5, 0.6) is 0 Å². The van der Waals surface area contributed by atoms with Crippen molar-refractivity contribution in [2.45, 2.75) is 24.5 Å². The van der Waals surface area contributed by atoms with Gasteiger partial charge in [0.25, 0.3) is 0 Å². The van der Waals surface area contributed by atoms with Gasteiger partial charge < -0.3 is 19.7 Å². The molecular weight excluding hydrogens is 304 g/mol. The number of ether oxygens (including phenoxy) is 2. The Hall–Kier alpha value is -1.30. The number of hydrogen-bond acceptors (Lipinski definition) is 3. The number of nitrogens with one attached hydrogen (secondary N) is 1. The lowest BCUT2D eigenvalue weighted by Crippen LogP contribution is -2.51. The zero-order chi connectivity index (χ0) is 15.5. The molecule has 1 aromatic rings. The summed E-state index contributed by atoms with van der Waals surface area (Å²) in [5.74, 6) is 0.374. The van der Waals surface area contributed by atoms with Crippen LogP contribution in [0, 0.1) is 0 Å². The van der Waals surface area contributed by atoms with Crippen molar-refractivity contribution in [2.24, 2.45) is 0 Å². The monoisotopic (exact) mass is 324 g/mol. The summed E-state index contributed by atoms with van der Waals surface area (Å²) in [6.45, 7) is 2.27.